The van der Waals surface area contributed by atoms with Crippen molar-refractivity contribution in [3.8, 4) is 11.5 Å². The molecule has 0 aliphatic heterocycles. The van der Waals surface area contributed by atoms with E-state index >= 15 is 0 Å². The fourth-order valence-corrected chi connectivity index (χ4v) is 2.41. The molecule has 1 N–H and O–H groups in total. The molecule has 0 fully saturated rings. The van der Waals surface area contributed by atoms with Gasteiger partial charge >= 0.3 is 11.6 Å². The average molecular weight is 324 g/mol. The number of aromatic hydroxyl groups is 1. The summed E-state index contributed by atoms with van der Waals surface area (Å²) in [5, 5.41) is 10.9. The average Bonchev–Trinajstić information content (AvgIpc) is 2.60. The van der Waals surface area contributed by atoms with E-state index in [0.717, 1.165) is 5.56 Å². The van der Waals surface area contributed by atoms with Crippen LogP contribution in [0.4, 0.5) is 0 Å². The maximum Gasteiger partial charge on any atom is 0.343 e. The second-order valence-electron chi connectivity index (χ2n) is 5.36. The minimum absolute atomic E-state index is 0.0664. The smallest absolute Gasteiger partial charge is 0.343 e. The summed E-state index contributed by atoms with van der Waals surface area (Å²) in [7, 11) is 0. The van der Waals surface area contributed by atoms with Gasteiger partial charge in [-0.3, -0.25) is 4.79 Å². The first-order chi connectivity index (χ1) is 11.6. The lowest BCUT2D eigenvalue weighted by Crippen LogP contribution is -2.09. The van der Waals surface area contributed by atoms with E-state index < -0.39 is 5.63 Å². The first-order valence-electron chi connectivity index (χ1n) is 7.61. The van der Waals surface area contributed by atoms with Gasteiger partial charge in [-0.05, 0) is 29.8 Å². The Morgan fingerprint density at radius 1 is 1.12 bits per heavy atom. The van der Waals surface area contributed by atoms with E-state index in [9.17, 15) is 14.7 Å². The Kier molecular flexibility index (Phi) is 4.33. The molecule has 24 heavy (non-hydrogen) atoms. The Balaban J connectivity index is 1.90. The Morgan fingerprint density at radius 2 is 1.83 bits per heavy atom. The molecule has 1 aromatic heterocycles. The van der Waals surface area contributed by atoms with Gasteiger partial charge in [-0.15, -0.1) is 0 Å². The molecular weight excluding hydrogens is 308 g/mol. The summed E-state index contributed by atoms with van der Waals surface area (Å²) in [6.07, 6.45) is 0.523. The van der Waals surface area contributed by atoms with E-state index in [2.05, 4.69) is 0 Å². The van der Waals surface area contributed by atoms with Gasteiger partial charge in [0.1, 0.15) is 17.1 Å². The molecule has 5 nitrogen and oxygen atoms in total. The number of carbonyl (C=O) groups is 1. The van der Waals surface area contributed by atoms with Crippen molar-refractivity contribution in [3.63, 3.8) is 0 Å². The van der Waals surface area contributed by atoms with Crippen LogP contribution in [0.5, 0.6) is 11.5 Å². The van der Waals surface area contributed by atoms with Gasteiger partial charge in [-0.2, -0.15) is 0 Å². The molecule has 0 saturated carbocycles. The number of para-hydroxylation sites is 1. The predicted molar refractivity (Wildman–Crippen MR) is 89.3 cm³/mol. The zero-order valence-corrected chi connectivity index (χ0v) is 13.1. The van der Waals surface area contributed by atoms with Gasteiger partial charge in [0.15, 0.2) is 0 Å². The fourth-order valence-electron chi connectivity index (χ4n) is 2.41. The first kappa shape index (κ1) is 15.8. The molecule has 2 aromatic carbocycles. The molecule has 3 aromatic rings. The lowest BCUT2D eigenvalue weighted by Gasteiger charge is -2.07. The molecule has 5 heteroatoms. The Hall–Kier alpha value is -3.08. The Morgan fingerprint density at radius 3 is 2.54 bits per heavy atom. The molecule has 3 rings (SSSR count). The number of benzene rings is 2. The molecule has 0 aliphatic carbocycles. The van der Waals surface area contributed by atoms with Gasteiger partial charge in [0.25, 0.3) is 0 Å². The highest BCUT2D eigenvalue weighted by atomic mass is 16.5. The number of esters is 1. The van der Waals surface area contributed by atoms with Crippen molar-refractivity contribution in [1.29, 1.82) is 0 Å². The van der Waals surface area contributed by atoms with E-state index in [1.54, 1.807) is 55.5 Å². The Labute approximate surface area is 138 Å². The highest BCUT2D eigenvalue weighted by Crippen LogP contribution is 2.27. The van der Waals surface area contributed by atoms with Crippen LogP contribution in [0.1, 0.15) is 24.5 Å². The third kappa shape index (κ3) is 3.15. The van der Waals surface area contributed by atoms with Gasteiger partial charge in [0, 0.05) is 12.8 Å². The zero-order valence-electron chi connectivity index (χ0n) is 13.1. The number of hydrogen-bond donors (Lipinski definition) is 1. The van der Waals surface area contributed by atoms with Crippen LogP contribution in [0.2, 0.25) is 0 Å². The third-order valence-corrected chi connectivity index (χ3v) is 3.70. The summed E-state index contributed by atoms with van der Waals surface area (Å²) in [5.41, 5.74) is 0.787. The molecule has 0 saturated heterocycles. The van der Waals surface area contributed by atoms with E-state index in [0.29, 0.717) is 23.1 Å². The largest absolute Gasteiger partial charge is 0.507 e. The molecule has 0 aliphatic rings. The van der Waals surface area contributed by atoms with Gasteiger partial charge in [-0.1, -0.05) is 31.2 Å². The van der Waals surface area contributed by atoms with Gasteiger partial charge in [-0.25, -0.2) is 4.79 Å². The maximum atomic E-state index is 12.1. The van der Waals surface area contributed by atoms with Crippen LogP contribution in [-0.2, 0) is 11.2 Å². The number of rotatable bonds is 4. The summed E-state index contributed by atoms with van der Waals surface area (Å²) in [6.45, 7) is 1.72. The van der Waals surface area contributed by atoms with Crippen molar-refractivity contribution in [2.45, 2.75) is 19.8 Å². The van der Waals surface area contributed by atoms with E-state index in [1.807, 2.05) is 0 Å². The SMILES string of the molecule is CCC(=O)Oc1ccc(Cc2c(O)c3ccccc3oc2=O)cc1. The van der Waals surface area contributed by atoms with Crippen molar-refractivity contribution in [2.24, 2.45) is 0 Å². The summed E-state index contributed by atoms with van der Waals surface area (Å²) in [6, 6.07) is 13.6. The van der Waals surface area contributed by atoms with Crippen molar-refractivity contribution >= 4 is 16.9 Å². The Bertz CT molecular complexity index is 938. The number of fused-ring (bicyclic) bond motifs is 1. The quantitative estimate of drug-likeness (QED) is 0.452. The second kappa shape index (κ2) is 6.58. The minimum atomic E-state index is -0.562. The van der Waals surface area contributed by atoms with Gasteiger partial charge < -0.3 is 14.3 Å². The van der Waals surface area contributed by atoms with Crippen molar-refractivity contribution < 1.29 is 19.1 Å². The van der Waals surface area contributed by atoms with Crippen LogP contribution < -0.4 is 10.4 Å². The van der Waals surface area contributed by atoms with E-state index in [-0.39, 0.29) is 23.7 Å². The third-order valence-electron chi connectivity index (χ3n) is 3.70. The summed E-state index contributed by atoms with van der Waals surface area (Å²) in [4.78, 5) is 23.4. The fraction of sp³-hybridized carbons (Fsp3) is 0.158. The number of ether oxygens (including phenoxy) is 1. The van der Waals surface area contributed by atoms with E-state index in [1.165, 1.54) is 0 Å². The number of hydrogen-bond acceptors (Lipinski definition) is 5. The molecule has 0 atom stereocenters. The molecule has 122 valence electrons. The molecular formula is C19H16O5. The predicted octanol–water partition coefficient (Wildman–Crippen LogP) is 3.40. The van der Waals surface area contributed by atoms with Crippen molar-refractivity contribution in [1.82, 2.24) is 0 Å². The van der Waals surface area contributed by atoms with Crippen LogP contribution in [0.3, 0.4) is 0 Å². The summed E-state index contributed by atoms with van der Waals surface area (Å²) >= 11 is 0. The highest BCUT2D eigenvalue weighted by Gasteiger charge is 2.14. The molecule has 0 radical (unpaired) electrons. The molecule has 0 bridgehead atoms. The van der Waals surface area contributed by atoms with Crippen LogP contribution in [0.25, 0.3) is 11.0 Å². The summed E-state index contributed by atoms with van der Waals surface area (Å²) < 4.78 is 10.4. The first-order valence-corrected chi connectivity index (χ1v) is 7.61. The monoisotopic (exact) mass is 324 g/mol. The molecule has 1 heterocycles. The molecule has 0 spiro atoms. The zero-order chi connectivity index (χ0) is 17.1. The summed E-state index contributed by atoms with van der Waals surface area (Å²) in [5.74, 6) is 0.0688. The molecule has 0 amide bonds. The van der Waals surface area contributed by atoms with Crippen LogP contribution in [-0.4, -0.2) is 11.1 Å². The van der Waals surface area contributed by atoms with Crippen LogP contribution in [0.15, 0.2) is 57.7 Å². The van der Waals surface area contributed by atoms with E-state index in [4.69, 9.17) is 9.15 Å². The lowest BCUT2D eigenvalue weighted by atomic mass is 10.0. The van der Waals surface area contributed by atoms with Crippen molar-refractivity contribution in [2.75, 3.05) is 0 Å². The molecule has 0 unspecified atom stereocenters. The van der Waals surface area contributed by atoms with Crippen LogP contribution >= 0.6 is 0 Å². The number of carbonyl (C=O) groups excluding carboxylic acids is 1. The minimum Gasteiger partial charge on any atom is -0.507 e. The standard InChI is InChI=1S/C19H16O5/c1-2-17(20)23-13-9-7-12(8-10-13)11-15-18(21)14-5-3-4-6-16(14)24-19(15)22/h3-10,21H,2,11H2,1H3. The second-order valence-corrected chi connectivity index (χ2v) is 5.36. The lowest BCUT2D eigenvalue weighted by molar-refractivity contribution is -0.134. The normalized spacial score (nSPS) is 10.7. The van der Waals surface area contributed by atoms with Crippen LogP contribution in [0, 0.1) is 0 Å². The maximum absolute atomic E-state index is 12.1. The van der Waals surface area contributed by atoms with Gasteiger partial charge in [0.2, 0.25) is 0 Å². The highest BCUT2D eigenvalue weighted by molar-refractivity contribution is 5.84. The van der Waals surface area contributed by atoms with Gasteiger partial charge in [0.05, 0.1) is 10.9 Å². The topological polar surface area (TPSA) is 76.7 Å². The van der Waals surface area contributed by atoms with Crippen molar-refractivity contribution in [3.05, 3.63) is 70.1 Å².